The molecule has 0 bridgehead atoms. The van der Waals surface area contributed by atoms with E-state index in [1.807, 2.05) is 17.0 Å². The Labute approximate surface area is 99.1 Å². The molecule has 0 unspecified atom stereocenters. The quantitative estimate of drug-likeness (QED) is 0.747. The van der Waals surface area contributed by atoms with Crippen LogP contribution in [0.2, 0.25) is 0 Å². The number of hydrogen-bond acceptors (Lipinski definition) is 4. The zero-order valence-corrected chi connectivity index (χ0v) is 9.47. The first-order valence-electron chi connectivity index (χ1n) is 5.47. The van der Waals surface area contributed by atoms with Gasteiger partial charge in [-0.25, -0.2) is 4.98 Å². The van der Waals surface area contributed by atoms with Gasteiger partial charge in [-0.2, -0.15) is 5.26 Å². The van der Waals surface area contributed by atoms with E-state index < -0.39 is 0 Å². The lowest BCUT2D eigenvalue weighted by Crippen LogP contribution is -2.14. The smallest absolute Gasteiger partial charge is 0.235 e. The molecule has 3 rings (SSSR count). The summed E-state index contributed by atoms with van der Waals surface area (Å²) in [6.45, 7) is 3.31. The Morgan fingerprint density at radius 1 is 1.29 bits per heavy atom. The average Bonchev–Trinajstić information content (AvgIpc) is 2.91. The Bertz CT molecular complexity index is 584. The van der Waals surface area contributed by atoms with Crippen LogP contribution in [-0.4, -0.2) is 4.98 Å². The van der Waals surface area contributed by atoms with Gasteiger partial charge in [0.1, 0.15) is 6.07 Å². The van der Waals surface area contributed by atoms with Gasteiger partial charge in [0.2, 0.25) is 11.6 Å². The highest BCUT2D eigenvalue weighted by atomic mass is 16.4. The SMILES string of the molecule is Cc1nc(C#N)c(N2Cc3ccccc3C2)o1. The van der Waals surface area contributed by atoms with Crippen LogP contribution in [0, 0.1) is 18.3 Å². The van der Waals surface area contributed by atoms with Gasteiger partial charge in [0.05, 0.1) is 0 Å². The van der Waals surface area contributed by atoms with Gasteiger partial charge in [-0.3, -0.25) is 0 Å². The summed E-state index contributed by atoms with van der Waals surface area (Å²) >= 11 is 0. The van der Waals surface area contributed by atoms with Crippen LogP contribution in [0.3, 0.4) is 0 Å². The molecule has 17 heavy (non-hydrogen) atoms. The molecular weight excluding hydrogens is 214 g/mol. The largest absolute Gasteiger partial charge is 0.424 e. The third-order valence-electron chi connectivity index (χ3n) is 2.95. The molecule has 0 fully saturated rings. The molecule has 4 heteroatoms. The monoisotopic (exact) mass is 225 g/mol. The molecule has 0 saturated carbocycles. The predicted molar refractivity (Wildman–Crippen MR) is 62.3 cm³/mol. The summed E-state index contributed by atoms with van der Waals surface area (Å²) < 4.78 is 5.51. The Morgan fingerprint density at radius 3 is 2.53 bits per heavy atom. The summed E-state index contributed by atoms with van der Waals surface area (Å²) in [5.41, 5.74) is 2.94. The fraction of sp³-hybridized carbons (Fsp3) is 0.231. The molecular formula is C13H11N3O. The van der Waals surface area contributed by atoms with Crippen molar-refractivity contribution in [3.8, 4) is 6.07 Å². The minimum atomic E-state index is 0.371. The summed E-state index contributed by atoms with van der Waals surface area (Å²) in [6, 6.07) is 10.3. The van der Waals surface area contributed by atoms with Crippen molar-refractivity contribution in [3.63, 3.8) is 0 Å². The first-order valence-corrected chi connectivity index (χ1v) is 5.47. The molecule has 0 radical (unpaired) electrons. The minimum Gasteiger partial charge on any atom is -0.424 e. The van der Waals surface area contributed by atoms with Crippen molar-refractivity contribution in [1.82, 2.24) is 4.98 Å². The van der Waals surface area contributed by atoms with E-state index in [1.165, 1.54) is 11.1 Å². The summed E-state index contributed by atoms with van der Waals surface area (Å²) in [5, 5.41) is 9.01. The summed E-state index contributed by atoms with van der Waals surface area (Å²) in [7, 11) is 0. The van der Waals surface area contributed by atoms with Crippen LogP contribution in [0.25, 0.3) is 0 Å². The molecule has 0 atom stereocenters. The second-order valence-electron chi connectivity index (χ2n) is 4.12. The predicted octanol–water partition coefficient (Wildman–Crippen LogP) is 2.37. The second kappa shape index (κ2) is 3.63. The van der Waals surface area contributed by atoms with Gasteiger partial charge in [0.15, 0.2) is 5.89 Å². The summed E-state index contributed by atoms with van der Waals surface area (Å²) in [6.07, 6.45) is 0. The first kappa shape index (κ1) is 9.91. The first-order chi connectivity index (χ1) is 8.28. The highest BCUT2D eigenvalue weighted by molar-refractivity contribution is 5.52. The van der Waals surface area contributed by atoms with Crippen LogP contribution in [0.4, 0.5) is 5.88 Å². The topological polar surface area (TPSA) is 53.1 Å². The van der Waals surface area contributed by atoms with Crippen LogP contribution in [0.1, 0.15) is 22.7 Å². The zero-order valence-electron chi connectivity index (χ0n) is 9.47. The normalized spacial score (nSPS) is 13.5. The van der Waals surface area contributed by atoms with Gasteiger partial charge in [-0.1, -0.05) is 24.3 Å². The number of rotatable bonds is 1. The number of benzene rings is 1. The van der Waals surface area contributed by atoms with E-state index in [9.17, 15) is 0 Å². The van der Waals surface area contributed by atoms with E-state index in [0.29, 0.717) is 17.5 Å². The van der Waals surface area contributed by atoms with E-state index in [-0.39, 0.29) is 0 Å². The highest BCUT2D eigenvalue weighted by Gasteiger charge is 2.24. The van der Waals surface area contributed by atoms with E-state index in [1.54, 1.807) is 6.92 Å². The number of oxazole rings is 1. The third-order valence-corrected chi connectivity index (χ3v) is 2.95. The van der Waals surface area contributed by atoms with Gasteiger partial charge >= 0.3 is 0 Å². The molecule has 1 aliphatic heterocycles. The standard InChI is InChI=1S/C13H11N3O/c1-9-15-12(6-14)13(17-9)16-7-10-4-2-3-5-11(10)8-16/h2-5H,7-8H2,1H3. The Morgan fingerprint density at radius 2 is 1.94 bits per heavy atom. The Balaban J connectivity index is 1.97. The van der Waals surface area contributed by atoms with Gasteiger partial charge in [-0.05, 0) is 11.1 Å². The molecule has 0 N–H and O–H groups in total. The number of aryl methyl sites for hydroxylation is 1. The van der Waals surface area contributed by atoms with Crippen molar-refractivity contribution in [2.75, 3.05) is 4.90 Å². The molecule has 0 saturated heterocycles. The number of aromatic nitrogens is 1. The van der Waals surface area contributed by atoms with Gasteiger partial charge < -0.3 is 9.32 Å². The number of nitriles is 1. The lowest BCUT2D eigenvalue weighted by atomic mass is 10.1. The van der Waals surface area contributed by atoms with Crippen molar-refractivity contribution >= 4 is 5.88 Å². The summed E-state index contributed by atoms with van der Waals surface area (Å²) in [5.74, 6) is 1.12. The number of anilines is 1. The number of hydrogen-bond donors (Lipinski definition) is 0. The van der Waals surface area contributed by atoms with Gasteiger partial charge in [-0.15, -0.1) is 0 Å². The molecule has 0 aliphatic carbocycles. The van der Waals surface area contributed by atoms with Crippen LogP contribution >= 0.6 is 0 Å². The maximum absolute atomic E-state index is 9.01. The minimum absolute atomic E-state index is 0.371. The molecule has 2 aromatic rings. The maximum atomic E-state index is 9.01. The molecule has 0 amide bonds. The third kappa shape index (κ3) is 1.56. The zero-order chi connectivity index (χ0) is 11.8. The lowest BCUT2D eigenvalue weighted by molar-refractivity contribution is 0.509. The highest BCUT2D eigenvalue weighted by Crippen LogP contribution is 2.30. The van der Waals surface area contributed by atoms with Crippen molar-refractivity contribution in [2.24, 2.45) is 0 Å². The summed E-state index contributed by atoms with van der Waals surface area (Å²) in [4.78, 5) is 6.11. The lowest BCUT2D eigenvalue weighted by Gasteiger charge is -2.13. The average molecular weight is 225 g/mol. The van der Waals surface area contributed by atoms with Crippen LogP contribution < -0.4 is 4.90 Å². The van der Waals surface area contributed by atoms with Gasteiger partial charge in [0.25, 0.3) is 0 Å². The number of fused-ring (bicyclic) bond motifs is 1. The maximum Gasteiger partial charge on any atom is 0.235 e. The van der Waals surface area contributed by atoms with Crippen molar-refractivity contribution in [1.29, 1.82) is 5.26 Å². The molecule has 4 nitrogen and oxygen atoms in total. The fourth-order valence-corrected chi connectivity index (χ4v) is 2.18. The second-order valence-corrected chi connectivity index (χ2v) is 4.12. The molecule has 0 spiro atoms. The van der Waals surface area contributed by atoms with E-state index in [2.05, 4.69) is 23.2 Å². The van der Waals surface area contributed by atoms with Crippen LogP contribution in [0.15, 0.2) is 28.7 Å². The van der Waals surface area contributed by atoms with E-state index in [0.717, 1.165) is 13.1 Å². The Hall–Kier alpha value is -2.28. The van der Waals surface area contributed by atoms with Crippen molar-refractivity contribution in [2.45, 2.75) is 20.0 Å². The van der Waals surface area contributed by atoms with E-state index >= 15 is 0 Å². The van der Waals surface area contributed by atoms with Crippen LogP contribution in [-0.2, 0) is 13.1 Å². The fourth-order valence-electron chi connectivity index (χ4n) is 2.18. The molecule has 1 aromatic heterocycles. The van der Waals surface area contributed by atoms with Crippen LogP contribution in [0.5, 0.6) is 0 Å². The van der Waals surface area contributed by atoms with E-state index in [4.69, 9.17) is 9.68 Å². The van der Waals surface area contributed by atoms with Gasteiger partial charge in [0, 0.05) is 20.0 Å². The van der Waals surface area contributed by atoms with Crippen molar-refractivity contribution < 1.29 is 4.42 Å². The molecule has 1 aromatic carbocycles. The molecule has 1 aliphatic rings. The molecule has 84 valence electrons. The molecule has 2 heterocycles. The van der Waals surface area contributed by atoms with Crippen molar-refractivity contribution in [3.05, 3.63) is 47.0 Å². The number of nitrogens with zero attached hydrogens (tertiary/aromatic N) is 3. The Kier molecular flexibility index (Phi) is 2.12.